The average molecular weight is 229 g/mol. The van der Waals surface area contributed by atoms with Crippen LogP contribution in [0.1, 0.15) is 40.8 Å². The van der Waals surface area contributed by atoms with Crippen molar-refractivity contribution in [1.29, 1.82) is 0 Å². The van der Waals surface area contributed by atoms with Gasteiger partial charge < -0.3 is 0 Å². The minimum atomic E-state index is 0.341. The summed E-state index contributed by atoms with van der Waals surface area (Å²) < 4.78 is 3.25. The van der Waals surface area contributed by atoms with E-state index in [2.05, 4.69) is 41.5 Å². The molecule has 0 fully saturated rings. The summed E-state index contributed by atoms with van der Waals surface area (Å²) in [5, 5.41) is 0. The van der Waals surface area contributed by atoms with Crippen LogP contribution in [0.4, 0.5) is 0 Å². The second kappa shape index (κ2) is 3.05. The fraction of sp³-hybridized carbons (Fsp3) is 0.636. The number of hydrogen-bond acceptors (Lipinski definition) is 0. The average Bonchev–Trinajstić information content (AvgIpc) is 2.05. The summed E-state index contributed by atoms with van der Waals surface area (Å²) in [5.74, 6) is 0. The summed E-state index contributed by atoms with van der Waals surface area (Å²) in [4.78, 5) is 0. The maximum absolute atomic E-state index is 2.31. The van der Waals surface area contributed by atoms with Crippen molar-refractivity contribution in [2.24, 2.45) is 0 Å². The number of hydrogen-bond donors (Lipinski definition) is 0. The standard InChI is InChI=1S/C11H18Se/c1-7-8(2)12-9(3)10(7)11(4,5)6/h1-6H3. The van der Waals surface area contributed by atoms with Crippen LogP contribution in [0.5, 0.6) is 0 Å². The Bertz CT molecular complexity index is 287. The molecule has 68 valence electrons. The summed E-state index contributed by atoms with van der Waals surface area (Å²) in [6.07, 6.45) is 0. The van der Waals surface area contributed by atoms with Crippen LogP contribution in [0.2, 0.25) is 0 Å². The Balaban J connectivity index is 3.32. The SMILES string of the molecule is Cc1[se]c(C)c(C(C)(C)C)c1C. The second-order valence-corrected chi connectivity index (χ2v) is 7.46. The first-order chi connectivity index (χ1) is 5.34. The molecule has 0 spiro atoms. The van der Waals surface area contributed by atoms with Crippen LogP contribution in [0, 0.1) is 20.8 Å². The maximum atomic E-state index is 2.31. The van der Waals surface area contributed by atoms with E-state index < -0.39 is 0 Å². The van der Waals surface area contributed by atoms with Gasteiger partial charge in [-0.1, -0.05) is 0 Å². The van der Waals surface area contributed by atoms with E-state index in [1.807, 2.05) is 0 Å². The van der Waals surface area contributed by atoms with E-state index in [9.17, 15) is 0 Å². The van der Waals surface area contributed by atoms with Gasteiger partial charge in [-0.05, 0) is 0 Å². The first-order valence-electron chi connectivity index (χ1n) is 4.41. The molecule has 0 aliphatic heterocycles. The van der Waals surface area contributed by atoms with Gasteiger partial charge in [0.15, 0.2) is 0 Å². The Morgan fingerprint density at radius 1 is 0.917 bits per heavy atom. The van der Waals surface area contributed by atoms with Gasteiger partial charge in [0, 0.05) is 0 Å². The van der Waals surface area contributed by atoms with Gasteiger partial charge in [0.1, 0.15) is 0 Å². The zero-order chi connectivity index (χ0) is 9.52. The molecule has 0 saturated heterocycles. The minimum absolute atomic E-state index is 0.341. The third-order valence-electron chi connectivity index (χ3n) is 2.31. The van der Waals surface area contributed by atoms with E-state index >= 15 is 0 Å². The normalized spacial score (nSPS) is 12.2. The second-order valence-electron chi connectivity index (χ2n) is 4.46. The molecule has 1 heterocycles. The molecule has 0 radical (unpaired) electrons. The van der Waals surface area contributed by atoms with E-state index in [0.29, 0.717) is 19.9 Å². The topological polar surface area (TPSA) is 0 Å². The number of aryl methyl sites for hydroxylation is 2. The van der Waals surface area contributed by atoms with Gasteiger partial charge in [0.2, 0.25) is 0 Å². The van der Waals surface area contributed by atoms with Crippen molar-refractivity contribution in [3.05, 3.63) is 20.0 Å². The fourth-order valence-electron chi connectivity index (χ4n) is 1.89. The monoisotopic (exact) mass is 230 g/mol. The molecule has 0 amide bonds. The van der Waals surface area contributed by atoms with Gasteiger partial charge in [-0.15, -0.1) is 0 Å². The molecule has 1 heteroatoms. The molecule has 0 nitrogen and oxygen atoms in total. The molecule has 0 N–H and O–H groups in total. The zero-order valence-corrected chi connectivity index (χ0v) is 10.6. The summed E-state index contributed by atoms with van der Waals surface area (Å²) in [5.41, 5.74) is 3.51. The van der Waals surface area contributed by atoms with Crippen molar-refractivity contribution in [2.75, 3.05) is 0 Å². The van der Waals surface area contributed by atoms with Crippen molar-refractivity contribution in [2.45, 2.75) is 47.0 Å². The van der Waals surface area contributed by atoms with Crippen molar-refractivity contribution in [3.8, 4) is 0 Å². The molecule has 0 aromatic carbocycles. The first-order valence-corrected chi connectivity index (χ1v) is 6.12. The Labute approximate surface area is 81.7 Å². The molecule has 1 rings (SSSR count). The van der Waals surface area contributed by atoms with Crippen molar-refractivity contribution >= 4 is 14.5 Å². The Hall–Kier alpha value is -0.000519. The Morgan fingerprint density at radius 3 is 1.58 bits per heavy atom. The van der Waals surface area contributed by atoms with Crippen molar-refractivity contribution in [3.63, 3.8) is 0 Å². The van der Waals surface area contributed by atoms with Crippen LogP contribution in [0.15, 0.2) is 0 Å². The van der Waals surface area contributed by atoms with Gasteiger partial charge >= 0.3 is 81.5 Å². The molecule has 12 heavy (non-hydrogen) atoms. The summed E-state index contributed by atoms with van der Waals surface area (Å²) in [6.45, 7) is 13.8. The van der Waals surface area contributed by atoms with Crippen LogP contribution in [0.25, 0.3) is 0 Å². The number of rotatable bonds is 0. The van der Waals surface area contributed by atoms with E-state index in [-0.39, 0.29) is 0 Å². The van der Waals surface area contributed by atoms with Crippen LogP contribution in [0.3, 0.4) is 0 Å². The van der Waals surface area contributed by atoms with Crippen LogP contribution in [-0.4, -0.2) is 14.5 Å². The van der Waals surface area contributed by atoms with Gasteiger partial charge in [-0.3, -0.25) is 0 Å². The molecule has 0 aliphatic rings. The van der Waals surface area contributed by atoms with Gasteiger partial charge in [-0.25, -0.2) is 0 Å². The van der Waals surface area contributed by atoms with Crippen LogP contribution < -0.4 is 0 Å². The van der Waals surface area contributed by atoms with Crippen molar-refractivity contribution < 1.29 is 0 Å². The summed E-state index contributed by atoms with van der Waals surface area (Å²) >= 11 is 0.646. The first kappa shape index (κ1) is 10.1. The summed E-state index contributed by atoms with van der Waals surface area (Å²) in [6, 6.07) is 0. The third kappa shape index (κ3) is 1.67. The van der Waals surface area contributed by atoms with Crippen LogP contribution >= 0.6 is 0 Å². The molecule has 0 aliphatic carbocycles. The van der Waals surface area contributed by atoms with Crippen LogP contribution in [-0.2, 0) is 5.41 Å². The molecule has 1 aromatic heterocycles. The van der Waals surface area contributed by atoms with Gasteiger partial charge in [0.25, 0.3) is 0 Å². The van der Waals surface area contributed by atoms with Gasteiger partial charge in [0.05, 0.1) is 0 Å². The van der Waals surface area contributed by atoms with E-state index in [1.165, 1.54) is 0 Å². The molecule has 0 atom stereocenters. The predicted octanol–water partition coefficient (Wildman–Crippen LogP) is 2.97. The van der Waals surface area contributed by atoms with E-state index in [4.69, 9.17) is 0 Å². The predicted molar refractivity (Wildman–Crippen MR) is 56.3 cm³/mol. The molecular formula is C11H18Se. The van der Waals surface area contributed by atoms with E-state index in [1.54, 1.807) is 20.0 Å². The van der Waals surface area contributed by atoms with Crippen molar-refractivity contribution in [1.82, 2.24) is 0 Å². The third-order valence-corrected chi connectivity index (χ3v) is 4.67. The van der Waals surface area contributed by atoms with Gasteiger partial charge in [-0.2, -0.15) is 0 Å². The molecule has 0 bridgehead atoms. The quantitative estimate of drug-likeness (QED) is 0.600. The molecule has 0 saturated carbocycles. The Morgan fingerprint density at radius 2 is 1.42 bits per heavy atom. The molecule has 1 aromatic rings. The fourth-order valence-corrected chi connectivity index (χ4v) is 4.56. The Kier molecular flexibility index (Phi) is 2.56. The summed E-state index contributed by atoms with van der Waals surface area (Å²) in [7, 11) is 0. The zero-order valence-electron chi connectivity index (χ0n) is 8.91. The van der Waals surface area contributed by atoms with E-state index in [0.717, 1.165) is 0 Å². The molecular weight excluding hydrogens is 211 g/mol. The molecule has 0 unspecified atom stereocenters.